The Hall–Kier alpha value is -2.48. The normalized spacial score (nSPS) is 19.7. The Balaban J connectivity index is 1.77. The molecule has 1 fully saturated rings. The zero-order valence-electron chi connectivity index (χ0n) is 17.4. The number of nitrogens with zero attached hydrogens (tertiary/aromatic N) is 2. The summed E-state index contributed by atoms with van der Waals surface area (Å²) >= 11 is 0. The zero-order valence-corrected chi connectivity index (χ0v) is 18.2. The first kappa shape index (κ1) is 20.8. The molecule has 30 heavy (non-hydrogen) atoms. The van der Waals surface area contributed by atoms with E-state index >= 15 is 0 Å². The molecule has 1 N–H and O–H groups in total. The molecule has 0 unspecified atom stereocenters. The molecule has 6 nitrogen and oxygen atoms in total. The summed E-state index contributed by atoms with van der Waals surface area (Å²) in [5.74, 6) is 0.684. The van der Waals surface area contributed by atoms with Gasteiger partial charge < -0.3 is 9.84 Å². The Morgan fingerprint density at radius 2 is 1.90 bits per heavy atom. The highest BCUT2D eigenvalue weighted by Gasteiger charge is 2.46. The third-order valence-corrected chi connectivity index (χ3v) is 8.01. The van der Waals surface area contributed by atoms with Gasteiger partial charge in [0.15, 0.2) is 0 Å². The summed E-state index contributed by atoms with van der Waals surface area (Å²) in [4.78, 5) is 4.60. The molecule has 0 radical (unpaired) electrons. The van der Waals surface area contributed by atoms with E-state index < -0.39 is 21.7 Å². The largest absolute Gasteiger partial charge is 0.497 e. The average Bonchev–Trinajstić information content (AvgIpc) is 3.26. The van der Waals surface area contributed by atoms with Gasteiger partial charge in [-0.3, -0.25) is 4.98 Å². The molecule has 1 aliphatic rings. The maximum atomic E-state index is 13.7. The fraction of sp³-hybridized carbons (Fsp3) is 0.348. The Kier molecular flexibility index (Phi) is 5.30. The number of aryl methyl sites for hydroxylation is 1. The minimum absolute atomic E-state index is 0.230. The molecule has 1 aromatic heterocycles. The lowest BCUT2D eigenvalue weighted by atomic mass is 9.87. The Labute approximate surface area is 177 Å². The van der Waals surface area contributed by atoms with Crippen molar-refractivity contribution in [2.45, 2.75) is 43.2 Å². The van der Waals surface area contributed by atoms with Crippen LogP contribution in [-0.4, -0.2) is 42.5 Å². The van der Waals surface area contributed by atoms with E-state index in [9.17, 15) is 13.5 Å². The van der Waals surface area contributed by atoms with Gasteiger partial charge in [-0.05, 0) is 68.1 Å². The van der Waals surface area contributed by atoms with Crippen LogP contribution in [0.2, 0.25) is 0 Å². The van der Waals surface area contributed by atoms with Crippen molar-refractivity contribution in [3.8, 4) is 5.75 Å². The highest BCUT2D eigenvalue weighted by Crippen LogP contribution is 2.39. The van der Waals surface area contributed by atoms with E-state index in [1.807, 2.05) is 6.92 Å². The molecule has 2 aromatic carbocycles. The first-order chi connectivity index (χ1) is 14.3. The topological polar surface area (TPSA) is 79.7 Å². The van der Waals surface area contributed by atoms with Gasteiger partial charge in [0.25, 0.3) is 0 Å². The predicted molar refractivity (Wildman–Crippen MR) is 116 cm³/mol. The molecule has 1 aliphatic heterocycles. The molecule has 0 bridgehead atoms. The summed E-state index contributed by atoms with van der Waals surface area (Å²) in [6.07, 6.45) is 2.94. The smallest absolute Gasteiger partial charge is 0.244 e. The highest BCUT2D eigenvalue weighted by atomic mass is 32.2. The van der Waals surface area contributed by atoms with Crippen LogP contribution >= 0.6 is 0 Å². The quantitative estimate of drug-likeness (QED) is 0.674. The van der Waals surface area contributed by atoms with Gasteiger partial charge in [0.2, 0.25) is 10.0 Å². The zero-order chi connectivity index (χ0) is 21.5. The van der Waals surface area contributed by atoms with E-state index in [4.69, 9.17) is 4.74 Å². The van der Waals surface area contributed by atoms with E-state index in [-0.39, 0.29) is 4.90 Å². The van der Waals surface area contributed by atoms with Crippen molar-refractivity contribution < 1.29 is 18.3 Å². The molecule has 158 valence electrons. The van der Waals surface area contributed by atoms with E-state index in [0.29, 0.717) is 41.6 Å². The molecule has 1 saturated heterocycles. The van der Waals surface area contributed by atoms with Crippen LogP contribution in [0.5, 0.6) is 5.75 Å². The molecule has 2 heterocycles. The summed E-state index contributed by atoms with van der Waals surface area (Å²) in [5.41, 5.74) is 0.920. The molecule has 2 atom stereocenters. The third-order valence-electron chi connectivity index (χ3n) is 6.05. The van der Waals surface area contributed by atoms with Crippen LogP contribution in [0.25, 0.3) is 10.9 Å². The van der Waals surface area contributed by atoms with E-state index in [1.54, 1.807) is 68.8 Å². The second-order valence-electron chi connectivity index (χ2n) is 7.93. The molecule has 4 rings (SSSR count). The molecular weight excluding hydrogens is 400 g/mol. The summed E-state index contributed by atoms with van der Waals surface area (Å²) in [6, 6.07) is 13.5. The number of benzene rings is 2. The van der Waals surface area contributed by atoms with Crippen LogP contribution in [0, 0.1) is 6.92 Å². The highest BCUT2D eigenvalue weighted by molar-refractivity contribution is 7.89. The number of ether oxygens (including phenoxy) is 1. The Morgan fingerprint density at radius 3 is 2.60 bits per heavy atom. The minimum atomic E-state index is -3.83. The number of hydrogen-bond acceptors (Lipinski definition) is 5. The van der Waals surface area contributed by atoms with Crippen molar-refractivity contribution >= 4 is 20.9 Å². The fourth-order valence-electron chi connectivity index (χ4n) is 4.35. The van der Waals surface area contributed by atoms with Gasteiger partial charge in [-0.25, -0.2) is 8.42 Å². The van der Waals surface area contributed by atoms with Crippen LogP contribution in [-0.2, 0) is 15.6 Å². The number of sulfonamides is 1. The maximum absolute atomic E-state index is 13.7. The monoisotopic (exact) mass is 426 g/mol. The van der Waals surface area contributed by atoms with Gasteiger partial charge in [0, 0.05) is 18.1 Å². The second-order valence-corrected chi connectivity index (χ2v) is 9.79. The number of fused-ring (bicyclic) bond motifs is 1. The number of aromatic nitrogens is 1. The predicted octanol–water partition coefficient (Wildman–Crippen LogP) is 3.61. The van der Waals surface area contributed by atoms with Crippen LogP contribution in [0.4, 0.5) is 0 Å². The second kappa shape index (κ2) is 7.65. The van der Waals surface area contributed by atoms with Crippen molar-refractivity contribution in [2.24, 2.45) is 0 Å². The molecule has 0 amide bonds. The van der Waals surface area contributed by atoms with Gasteiger partial charge in [0.1, 0.15) is 11.4 Å². The Morgan fingerprint density at radius 1 is 1.17 bits per heavy atom. The van der Waals surface area contributed by atoms with E-state index in [1.165, 1.54) is 4.31 Å². The van der Waals surface area contributed by atoms with Crippen molar-refractivity contribution in [3.05, 3.63) is 65.9 Å². The lowest BCUT2D eigenvalue weighted by Crippen LogP contribution is -2.48. The van der Waals surface area contributed by atoms with Gasteiger partial charge in [-0.1, -0.05) is 18.2 Å². The molecule has 3 aromatic rings. The van der Waals surface area contributed by atoms with Crippen molar-refractivity contribution in [1.82, 2.24) is 9.29 Å². The first-order valence-corrected chi connectivity index (χ1v) is 11.4. The summed E-state index contributed by atoms with van der Waals surface area (Å²) in [6.45, 7) is 3.97. The third kappa shape index (κ3) is 3.37. The number of pyridine rings is 1. The van der Waals surface area contributed by atoms with Crippen LogP contribution in [0.15, 0.2) is 59.6 Å². The van der Waals surface area contributed by atoms with Gasteiger partial charge >= 0.3 is 0 Å². The lowest BCUT2D eigenvalue weighted by molar-refractivity contribution is -0.000678. The first-order valence-electron chi connectivity index (χ1n) is 10.00. The molecule has 0 aliphatic carbocycles. The molecule has 0 spiro atoms. The average molecular weight is 427 g/mol. The Bertz CT molecular complexity index is 1170. The lowest BCUT2D eigenvalue weighted by Gasteiger charge is -2.36. The van der Waals surface area contributed by atoms with E-state index in [0.717, 1.165) is 5.56 Å². The molecular formula is C23H26N2O4S. The van der Waals surface area contributed by atoms with Crippen molar-refractivity contribution in [2.75, 3.05) is 13.7 Å². The number of hydrogen-bond donors (Lipinski definition) is 1. The number of methoxy groups -OCH3 is 1. The van der Waals surface area contributed by atoms with Crippen LogP contribution < -0.4 is 4.74 Å². The SMILES string of the molecule is COc1ccc([C@](C)(O)[C@@H]2CCCN2S(=O)(=O)c2ccc(C)c3ncccc23)cc1. The van der Waals surface area contributed by atoms with Crippen molar-refractivity contribution in [3.63, 3.8) is 0 Å². The number of rotatable bonds is 5. The fourth-order valence-corrected chi connectivity index (χ4v) is 6.30. The summed E-state index contributed by atoms with van der Waals surface area (Å²) in [7, 11) is -2.24. The van der Waals surface area contributed by atoms with Crippen LogP contribution in [0.3, 0.4) is 0 Å². The molecule has 0 saturated carbocycles. The van der Waals surface area contributed by atoms with Gasteiger partial charge in [-0.15, -0.1) is 0 Å². The van der Waals surface area contributed by atoms with Crippen molar-refractivity contribution in [1.29, 1.82) is 0 Å². The van der Waals surface area contributed by atoms with Gasteiger partial charge in [0.05, 0.1) is 23.6 Å². The van der Waals surface area contributed by atoms with E-state index in [2.05, 4.69) is 4.98 Å². The summed E-state index contributed by atoms with van der Waals surface area (Å²) in [5, 5.41) is 12.0. The minimum Gasteiger partial charge on any atom is -0.497 e. The number of aliphatic hydroxyl groups is 1. The summed E-state index contributed by atoms with van der Waals surface area (Å²) < 4.78 is 34.1. The maximum Gasteiger partial charge on any atom is 0.244 e. The molecule has 7 heteroatoms. The van der Waals surface area contributed by atoms with Gasteiger partial charge in [-0.2, -0.15) is 4.31 Å². The van der Waals surface area contributed by atoms with Crippen LogP contribution in [0.1, 0.15) is 30.9 Å². The standard InChI is InChI=1S/C23H26N2O4S/c1-16-8-13-20(19-6-4-14-24-22(16)19)30(27,28)25-15-5-7-21(25)23(2,26)17-9-11-18(29-3)12-10-17/h4,6,8-14,21,26H,5,7,15H2,1-3H3/t21-,23-/m0/s1.